The van der Waals surface area contributed by atoms with Crippen molar-refractivity contribution in [2.45, 2.75) is 0 Å². The Kier molecular flexibility index (Phi) is 8.99. The van der Waals surface area contributed by atoms with Crippen molar-refractivity contribution >= 4 is 28.6 Å². The summed E-state index contributed by atoms with van der Waals surface area (Å²) in [7, 11) is 1.59. The van der Waals surface area contributed by atoms with Crippen molar-refractivity contribution < 1.29 is 24.2 Å². The zero-order valence-electron chi connectivity index (χ0n) is 6.13. The Balaban J connectivity index is 0. The summed E-state index contributed by atoms with van der Waals surface area (Å²) in [6.45, 7) is 0. The summed E-state index contributed by atoms with van der Waals surface area (Å²) < 4.78 is 4.86. The molecule has 0 saturated carbocycles. The first kappa shape index (κ1) is 14.0. The fraction of sp³-hybridized carbons (Fsp3) is 0.143. The number of halogens is 2. The third-order valence-corrected chi connectivity index (χ3v) is 1.19. The van der Waals surface area contributed by atoms with Crippen molar-refractivity contribution in [3.05, 3.63) is 29.3 Å². The van der Waals surface area contributed by atoms with Crippen molar-refractivity contribution in [1.29, 1.82) is 0 Å². The normalized spacial score (nSPS) is 7.45. The van der Waals surface area contributed by atoms with Crippen LogP contribution in [-0.4, -0.2) is 7.11 Å². The SMILES string of the molecule is Br.COc1[c-]ccc(Cl)c1.[Zn]. The number of rotatable bonds is 1. The van der Waals surface area contributed by atoms with Crippen molar-refractivity contribution in [2.24, 2.45) is 0 Å². The van der Waals surface area contributed by atoms with Gasteiger partial charge in [-0.15, -0.1) is 40.7 Å². The Morgan fingerprint density at radius 3 is 2.55 bits per heavy atom. The molecule has 0 unspecified atom stereocenters. The summed E-state index contributed by atoms with van der Waals surface area (Å²) in [6, 6.07) is 8.04. The van der Waals surface area contributed by atoms with Crippen molar-refractivity contribution in [2.75, 3.05) is 7.11 Å². The molecule has 0 atom stereocenters. The number of ether oxygens (including phenoxy) is 1. The molecule has 0 spiro atoms. The quantitative estimate of drug-likeness (QED) is 0.570. The number of methoxy groups -OCH3 is 1. The molecule has 0 heterocycles. The van der Waals surface area contributed by atoms with E-state index in [9.17, 15) is 0 Å². The van der Waals surface area contributed by atoms with Crippen LogP contribution in [-0.2, 0) is 19.5 Å². The van der Waals surface area contributed by atoms with Gasteiger partial charge in [0.1, 0.15) is 0 Å². The van der Waals surface area contributed by atoms with Gasteiger partial charge in [-0.25, -0.2) is 0 Å². The van der Waals surface area contributed by atoms with E-state index in [4.69, 9.17) is 16.3 Å². The van der Waals surface area contributed by atoms with E-state index >= 15 is 0 Å². The summed E-state index contributed by atoms with van der Waals surface area (Å²) in [5.74, 6) is 0.669. The molecule has 0 aliphatic carbocycles. The minimum absolute atomic E-state index is 0. The van der Waals surface area contributed by atoms with E-state index in [1.807, 2.05) is 0 Å². The Morgan fingerprint density at radius 2 is 2.18 bits per heavy atom. The van der Waals surface area contributed by atoms with E-state index in [-0.39, 0.29) is 36.5 Å². The van der Waals surface area contributed by atoms with Gasteiger partial charge in [-0.2, -0.15) is 12.1 Å². The van der Waals surface area contributed by atoms with E-state index in [0.717, 1.165) is 0 Å². The number of hydrogen-bond acceptors (Lipinski definition) is 1. The molecule has 0 aliphatic rings. The molecule has 11 heavy (non-hydrogen) atoms. The predicted molar refractivity (Wildman–Crippen MR) is 47.2 cm³/mol. The van der Waals surface area contributed by atoms with Gasteiger partial charge in [0.2, 0.25) is 0 Å². The molecule has 4 heteroatoms. The summed E-state index contributed by atoms with van der Waals surface area (Å²) in [6.07, 6.45) is 0. The molecule has 0 bridgehead atoms. The van der Waals surface area contributed by atoms with Crippen LogP contribution in [0.4, 0.5) is 0 Å². The third kappa shape index (κ3) is 4.78. The van der Waals surface area contributed by atoms with Gasteiger partial charge >= 0.3 is 0 Å². The average Bonchev–Trinajstić information content (AvgIpc) is 1.88. The standard InChI is InChI=1S/C7H6ClO.BrH.Zn/c1-9-7-4-2-3-6(8)5-7;;/h2-3,5H,1H3;1H;/q-1;;. The maximum absolute atomic E-state index is 5.62. The summed E-state index contributed by atoms with van der Waals surface area (Å²) >= 11 is 5.62. The molecule has 1 aromatic rings. The van der Waals surface area contributed by atoms with E-state index in [1.54, 1.807) is 25.3 Å². The molecule has 0 fully saturated rings. The second kappa shape index (κ2) is 7.08. The van der Waals surface area contributed by atoms with E-state index in [0.29, 0.717) is 10.8 Å². The van der Waals surface area contributed by atoms with Crippen LogP contribution in [0.25, 0.3) is 0 Å². The molecule has 0 saturated heterocycles. The average molecular weight is 288 g/mol. The fourth-order valence-corrected chi connectivity index (χ4v) is 0.698. The minimum Gasteiger partial charge on any atom is -0.523 e. The van der Waals surface area contributed by atoms with Crippen LogP contribution in [0.5, 0.6) is 5.75 Å². The molecule has 0 aromatic heterocycles. The Morgan fingerprint density at radius 1 is 1.55 bits per heavy atom. The van der Waals surface area contributed by atoms with E-state index in [2.05, 4.69) is 6.07 Å². The number of hydrogen-bond donors (Lipinski definition) is 0. The summed E-state index contributed by atoms with van der Waals surface area (Å²) in [5, 5.41) is 0.672. The van der Waals surface area contributed by atoms with Gasteiger partial charge in [0.05, 0.1) is 7.11 Å². The summed E-state index contributed by atoms with van der Waals surface area (Å²) in [5.41, 5.74) is 0. The van der Waals surface area contributed by atoms with Crippen LogP contribution in [0.15, 0.2) is 18.2 Å². The van der Waals surface area contributed by atoms with Gasteiger partial charge in [-0.1, -0.05) is 5.02 Å². The zero-order valence-corrected chi connectivity index (χ0v) is 11.6. The molecule has 0 amide bonds. The summed E-state index contributed by atoms with van der Waals surface area (Å²) in [4.78, 5) is 0. The Labute approximate surface area is 94.6 Å². The first-order chi connectivity index (χ1) is 4.33. The van der Waals surface area contributed by atoms with Crippen LogP contribution < -0.4 is 4.74 Å². The Hall–Kier alpha value is 0.413. The van der Waals surface area contributed by atoms with Gasteiger partial charge in [0.25, 0.3) is 0 Å². The fourth-order valence-electron chi connectivity index (χ4n) is 0.536. The smallest absolute Gasteiger partial charge is 0.0743 e. The largest absolute Gasteiger partial charge is 0.523 e. The van der Waals surface area contributed by atoms with Crippen molar-refractivity contribution in [1.82, 2.24) is 0 Å². The van der Waals surface area contributed by atoms with Gasteiger partial charge in [-0.3, -0.25) is 0 Å². The van der Waals surface area contributed by atoms with Gasteiger partial charge in [0, 0.05) is 25.2 Å². The maximum atomic E-state index is 5.62. The zero-order chi connectivity index (χ0) is 6.69. The second-order valence-corrected chi connectivity index (χ2v) is 2.01. The molecular formula is C7H7BrClOZn-. The molecule has 1 nitrogen and oxygen atoms in total. The Bertz CT molecular complexity index is 207. The van der Waals surface area contributed by atoms with E-state index in [1.165, 1.54) is 0 Å². The van der Waals surface area contributed by atoms with Crippen molar-refractivity contribution in [3.63, 3.8) is 0 Å². The predicted octanol–water partition coefficient (Wildman–Crippen LogP) is 2.72. The molecule has 0 radical (unpaired) electrons. The maximum Gasteiger partial charge on any atom is 0.0743 e. The monoisotopic (exact) mass is 285 g/mol. The van der Waals surface area contributed by atoms with Crippen LogP contribution in [0.2, 0.25) is 5.02 Å². The third-order valence-electron chi connectivity index (χ3n) is 0.957. The molecule has 0 N–H and O–H groups in total. The van der Waals surface area contributed by atoms with Crippen molar-refractivity contribution in [3.8, 4) is 5.75 Å². The van der Waals surface area contributed by atoms with Gasteiger partial charge < -0.3 is 4.74 Å². The van der Waals surface area contributed by atoms with Crippen LogP contribution >= 0.6 is 28.6 Å². The first-order valence-electron chi connectivity index (χ1n) is 2.54. The van der Waals surface area contributed by atoms with Crippen LogP contribution in [0.3, 0.4) is 0 Å². The second-order valence-electron chi connectivity index (χ2n) is 1.58. The van der Waals surface area contributed by atoms with Gasteiger partial charge in [-0.05, 0) is 0 Å². The minimum atomic E-state index is 0. The van der Waals surface area contributed by atoms with E-state index < -0.39 is 0 Å². The number of benzene rings is 1. The van der Waals surface area contributed by atoms with Crippen LogP contribution in [0.1, 0.15) is 0 Å². The van der Waals surface area contributed by atoms with Gasteiger partial charge in [0.15, 0.2) is 0 Å². The first-order valence-corrected chi connectivity index (χ1v) is 2.92. The molecule has 58 valence electrons. The molecule has 1 rings (SSSR count). The molecular weight excluding hydrogens is 281 g/mol. The molecule has 0 aliphatic heterocycles. The van der Waals surface area contributed by atoms with Crippen LogP contribution in [0, 0.1) is 6.07 Å². The molecule has 1 aromatic carbocycles. The topological polar surface area (TPSA) is 9.23 Å².